The Morgan fingerprint density at radius 1 is 1.58 bits per heavy atom. The van der Waals surface area contributed by atoms with Crippen molar-refractivity contribution in [3.63, 3.8) is 0 Å². The molecule has 1 fully saturated rings. The molecule has 0 saturated carbocycles. The van der Waals surface area contributed by atoms with E-state index in [1.807, 2.05) is 12.1 Å². The minimum absolute atomic E-state index is 0.225. The maximum Gasteiger partial charge on any atom is 0.0995 e. The first-order chi connectivity index (χ1) is 5.86. The molecule has 2 rings (SSSR count). The van der Waals surface area contributed by atoms with Crippen LogP contribution in [0.15, 0.2) is 22.8 Å². The van der Waals surface area contributed by atoms with Crippen molar-refractivity contribution in [2.45, 2.75) is 18.9 Å². The van der Waals surface area contributed by atoms with Crippen molar-refractivity contribution < 1.29 is 4.74 Å². The Morgan fingerprint density at radius 3 is 3.17 bits per heavy atom. The highest BCUT2D eigenvalue weighted by Crippen LogP contribution is 2.27. The zero-order chi connectivity index (χ0) is 8.39. The summed E-state index contributed by atoms with van der Waals surface area (Å²) in [6.45, 7) is 0.874. The zero-order valence-corrected chi connectivity index (χ0v) is 8.25. The summed E-state index contributed by atoms with van der Waals surface area (Å²) in [6.07, 6.45) is 4.28. The fourth-order valence-corrected chi connectivity index (χ4v) is 1.76. The summed E-state index contributed by atoms with van der Waals surface area (Å²) in [4.78, 5) is 4.27. The van der Waals surface area contributed by atoms with Gasteiger partial charge in [0.15, 0.2) is 0 Å². The maximum absolute atomic E-state index is 5.51. The second-order valence-corrected chi connectivity index (χ2v) is 3.82. The molecule has 0 bridgehead atoms. The highest BCUT2D eigenvalue weighted by atomic mass is 79.9. The summed E-state index contributed by atoms with van der Waals surface area (Å²) in [7, 11) is 0. The minimum atomic E-state index is 0.225. The lowest BCUT2D eigenvalue weighted by Crippen LogP contribution is -1.98. The molecule has 1 aromatic heterocycles. The molecule has 0 aliphatic carbocycles. The van der Waals surface area contributed by atoms with Gasteiger partial charge < -0.3 is 4.74 Å². The molecule has 2 nitrogen and oxygen atoms in total. The molecule has 0 spiro atoms. The lowest BCUT2D eigenvalue weighted by molar-refractivity contribution is 0.108. The fraction of sp³-hybridized carbons (Fsp3) is 0.444. The van der Waals surface area contributed by atoms with Crippen molar-refractivity contribution in [2.24, 2.45) is 0 Å². The van der Waals surface area contributed by atoms with Crippen LogP contribution in [0.5, 0.6) is 0 Å². The molecule has 1 aromatic rings. The molecule has 1 atom stereocenters. The number of hydrogen-bond donors (Lipinski definition) is 0. The van der Waals surface area contributed by atoms with Crippen molar-refractivity contribution in [1.29, 1.82) is 0 Å². The Hall–Kier alpha value is -0.410. The van der Waals surface area contributed by atoms with E-state index in [2.05, 4.69) is 20.9 Å². The monoisotopic (exact) mass is 227 g/mol. The lowest BCUT2D eigenvalue weighted by atomic mass is 10.2. The Labute approximate surface area is 80.1 Å². The SMILES string of the molecule is Brc1ccnc(C2CCCO2)c1. The molecule has 0 aromatic carbocycles. The second-order valence-electron chi connectivity index (χ2n) is 2.90. The van der Waals surface area contributed by atoms with Crippen LogP contribution in [0, 0.1) is 0 Å². The molecular weight excluding hydrogens is 218 g/mol. The Balaban J connectivity index is 2.21. The normalized spacial score (nSPS) is 22.9. The highest BCUT2D eigenvalue weighted by Gasteiger charge is 2.18. The molecule has 1 saturated heterocycles. The molecule has 1 aliphatic heterocycles. The van der Waals surface area contributed by atoms with Gasteiger partial charge in [-0.3, -0.25) is 4.98 Å². The fourth-order valence-electron chi connectivity index (χ4n) is 1.41. The van der Waals surface area contributed by atoms with Crippen molar-refractivity contribution in [3.8, 4) is 0 Å². The molecule has 12 heavy (non-hydrogen) atoms. The number of rotatable bonds is 1. The van der Waals surface area contributed by atoms with Gasteiger partial charge in [-0.05, 0) is 25.0 Å². The van der Waals surface area contributed by atoms with Gasteiger partial charge >= 0.3 is 0 Å². The van der Waals surface area contributed by atoms with E-state index >= 15 is 0 Å². The van der Waals surface area contributed by atoms with Gasteiger partial charge in [-0.15, -0.1) is 0 Å². The van der Waals surface area contributed by atoms with Crippen LogP contribution in [0.1, 0.15) is 24.6 Å². The quantitative estimate of drug-likeness (QED) is 0.737. The van der Waals surface area contributed by atoms with Crippen molar-refractivity contribution >= 4 is 15.9 Å². The predicted octanol–water partition coefficient (Wildman–Crippen LogP) is 2.70. The third-order valence-electron chi connectivity index (χ3n) is 2.00. The van der Waals surface area contributed by atoms with Crippen LogP contribution in [0.4, 0.5) is 0 Å². The molecule has 3 heteroatoms. The van der Waals surface area contributed by atoms with E-state index in [-0.39, 0.29) is 6.10 Å². The van der Waals surface area contributed by atoms with Crippen LogP contribution in [0.3, 0.4) is 0 Å². The number of halogens is 1. The van der Waals surface area contributed by atoms with E-state index < -0.39 is 0 Å². The van der Waals surface area contributed by atoms with Gasteiger partial charge in [-0.2, -0.15) is 0 Å². The number of aromatic nitrogens is 1. The summed E-state index contributed by atoms with van der Waals surface area (Å²) in [5.74, 6) is 0. The van der Waals surface area contributed by atoms with Crippen molar-refractivity contribution in [3.05, 3.63) is 28.5 Å². The van der Waals surface area contributed by atoms with Gasteiger partial charge in [0.25, 0.3) is 0 Å². The van der Waals surface area contributed by atoms with Crippen molar-refractivity contribution in [1.82, 2.24) is 4.98 Å². The molecule has 0 amide bonds. The summed E-state index contributed by atoms with van der Waals surface area (Å²) >= 11 is 3.41. The van der Waals surface area contributed by atoms with Gasteiger partial charge in [-0.1, -0.05) is 15.9 Å². The van der Waals surface area contributed by atoms with Crippen LogP contribution in [0.25, 0.3) is 0 Å². The van der Waals surface area contributed by atoms with Gasteiger partial charge in [-0.25, -0.2) is 0 Å². The van der Waals surface area contributed by atoms with Crippen LogP contribution >= 0.6 is 15.9 Å². The molecule has 2 heterocycles. The third kappa shape index (κ3) is 1.67. The Kier molecular flexibility index (Phi) is 2.42. The minimum Gasteiger partial charge on any atom is -0.372 e. The van der Waals surface area contributed by atoms with Crippen LogP contribution in [-0.2, 0) is 4.74 Å². The van der Waals surface area contributed by atoms with E-state index in [9.17, 15) is 0 Å². The smallest absolute Gasteiger partial charge is 0.0995 e. The molecule has 64 valence electrons. The zero-order valence-electron chi connectivity index (χ0n) is 6.66. The number of ether oxygens (including phenoxy) is 1. The molecular formula is C9H10BrNO. The summed E-state index contributed by atoms with van der Waals surface area (Å²) in [5, 5.41) is 0. The molecule has 0 radical (unpaired) electrons. The maximum atomic E-state index is 5.51. The highest BCUT2D eigenvalue weighted by molar-refractivity contribution is 9.10. The molecule has 0 N–H and O–H groups in total. The Bertz CT molecular complexity index is 271. The van der Waals surface area contributed by atoms with E-state index in [1.165, 1.54) is 0 Å². The van der Waals surface area contributed by atoms with Crippen LogP contribution in [0.2, 0.25) is 0 Å². The van der Waals surface area contributed by atoms with E-state index in [0.29, 0.717) is 0 Å². The Morgan fingerprint density at radius 2 is 2.50 bits per heavy atom. The van der Waals surface area contributed by atoms with Gasteiger partial charge in [0.05, 0.1) is 11.8 Å². The number of hydrogen-bond acceptors (Lipinski definition) is 2. The predicted molar refractivity (Wildman–Crippen MR) is 49.9 cm³/mol. The summed E-state index contributed by atoms with van der Waals surface area (Å²) in [6, 6.07) is 3.95. The topological polar surface area (TPSA) is 22.1 Å². The standard InChI is InChI=1S/C9H10BrNO/c10-7-3-4-11-8(6-7)9-2-1-5-12-9/h3-4,6,9H,1-2,5H2. The number of pyridine rings is 1. The van der Waals surface area contributed by atoms with E-state index in [0.717, 1.165) is 29.6 Å². The van der Waals surface area contributed by atoms with Gasteiger partial charge in [0.2, 0.25) is 0 Å². The summed E-state index contributed by atoms with van der Waals surface area (Å²) < 4.78 is 6.58. The first kappa shape index (κ1) is 8.20. The lowest BCUT2D eigenvalue weighted by Gasteiger charge is -2.07. The first-order valence-electron chi connectivity index (χ1n) is 4.09. The second kappa shape index (κ2) is 3.54. The average Bonchev–Trinajstić information content (AvgIpc) is 2.56. The van der Waals surface area contributed by atoms with Crippen LogP contribution in [-0.4, -0.2) is 11.6 Å². The van der Waals surface area contributed by atoms with Gasteiger partial charge in [0, 0.05) is 17.3 Å². The molecule has 1 unspecified atom stereocenters. The first-order valence-corrected chi connectivity index (χ1v) is 4.88. The van der Waals surface area contributed by atoms with E-state index in [1.54, 1.807) is 6.20 Å². The van der Waals surface area contributed by atoms with Crippen molar-refractivity contribution in [2.75, 3.05) is 6.61 Å². The van der Waals surface area contributed by atoms with Gasteiger partial charge in [0.1, 0.15) is 0 Å². The van der Waals surface area contributed by atoms with Crippen LogP contribution < -0.4 is 0 Å². The van der Waals surface area contributed by atoms with E-state index in [4.69, 9.17) is 4.74 Å². The largest absolute Gasteiger partial charge is 0.372 e. The molecule has 1 aliphatic rings. The average molecular weight is 228 g/mol. The summed E-state index contributed by atoms with van der Waals surface area (Å²) in [5.41, 5.74) is 1.04. The third-order valence-corrected chi connectivity index (χ3v) is 2.50. The number of nitrogens with zero attached hydrogens (tertiary/aromatic N) is 1.